The molecule has 0 aliphatic heterocycles. The van der Waals surface area contributed by atoms with Gasteiger partial charge in [0.05, 0.1) is 0 Å². The van der Waals surface area contributed by atoms with Crippen molar-refractivity contribution in [2.45, 2.75) is 38.6 Å². The molecule has 4 N–H and O–H groups in total. The van der Waals surface area contributed by atoms with Gasteiger partial charge in [0.25, 0.3) is 0 Å². The van der Waals surface area contributed by atoms with E-state index in [2.05, 4.69) is 5.32 Å². The van der Waals surface area contributed by atoms with Crippen LogP contribution in [0.1, 0.15) is 32.6 Å². The Labute approximate surface area is 87.8 Å². The van der Waals surface area contributed by atoms with Crippen molar-refractivity contribution in [2.75, 3.05) is 0 Å². The van der Waals surface area contributed by atoms with Gasteiger partial charge < -0.3 is 10.8 Å². The molecule has 6 heteroatoms. The molecule has 6 nitrogen and oxygen atoms in total. The molecule has 1 atom stereocenters. The number of hydrogen-bond donors (Lipinski definition) is 3. The molecule has 0 unspecified atom stereocenters. The third-order valence-electron chi connectivity index (χ3n) is 1.76. The van der Waals surface area contributed by atoms with Gasteiger partial charge in [-0.25, -0.2) is 0 Å². The predicted molar refractivity (Wildman–Crippen MR) is 52.9 cm³/mol. The molecule has 0 aliphatic carbocycles. The molecule has 0 aliphatic rings. The predicted octanol–water partition coefficient (Wildman–Crippen LogP) is -0.379. The Morgan fingerprint density at radius 2 is 1.80 bits per heavy atom. The van der Waals surface area contributed by atoms with Crippen molar-refractivity contribution >= 4 is 17.8 Å². The minimum absolute atomic E-state index is 0.0283. The van der Waals surface area contributed by atoms with Crippen LogP contribution in [0.2, 0.25) is 0 Å². The van der Waals surface area contributed by atoms with Crippen molar-refractivity contribution in [3.05, 3.63) is 0 Å². The third-order valence-corrected chi connectivity index (χ3v) is 1.76. The van der Waals surface area contributed by atoms with Gasteiger partial charge in [0.2, 0.25) is 11.8 Å². The van der Waals surface area contributed by atoms with Crippen molar-refractivity contribution < 1.29 is 19.5 Å². The molecular weight excluding hydrogens is 200 g/mol. The Kier molecular flexibility index (Phi) is 6.28. The summed E-state index contributed by atoms with van der Waals surface area (Å²) in [5.74, 6) is -1.97. The van der Waals surface area contributed by atoms with Crippen LogP contribution in [0.4, 0.5) is 0 Å². The summed E-state index contributed by atoms with van der Waals surface area (Å²) in [5.41, 5.74) is 5.19. The highest BCUT2D eigenvalue weighted by atomic mass is 16.4. The molecule has 0 radical (unpaired) electrons. The molecule has 0 saturated carbocycles. The summed E-state index contributed by atoms with van der Waals surface area (Å²) < 4.78 is 0. The minimum Gasteiger partial charge on any atom is -0.480 e. The normalized spacial score (nSPS) is 11.9. The summed E-state index contributed by atoms with van der Waals surface area (Å²) in [6.45, 7) is 1.82. The molecule has 0 rings (SSSR count). The average Bonchev–Trinajstić information content (AvgIpc) is 2.14. The number of aliphatic carboxylic acids is 1. The fourth-order valence-electron chi connectivity index (χ4n) is 0.918. The van der Waals surface area contributed by atoms with Crippen LogP contribution in [-0.2, 0) is 14.4 Å². The fraction of sp³-hybridized carbons (Fsp3) is 0.667. The first-order valence-electron chi connectivity index (χ1n) is 4.78. The van der Waals surface area contributed by atoms with E-state index in [1.54, 1.807) is 0 Å². The summed E-state index contributed by atoms with van der Waals surface area (Å²) in [6.07, 6.45) is 0.925. The molecule has 0 spiro atoms. The van der Waals surface area contributed by atoms with Crippen molar-refractivity contribution in [3.8, 4) is 0 Å². The van der Waals surface area contributed by atoms with E-state index in [0.29, 0.717) is 6.42 Å². The lowest BCUT2D eigenvalue weighted by Crippen LogP contribution is -2.34. The lowest BCUT2D eigenvalue weighted by Gasteiger charge is -2.06. The number of carbonyl (C=O) groups excluding carboxylic acids is 2. The molecule has 0 fully saturated rings. The Morgan fingerprint density at radius 1 is 1.27 bits per heavy atom. The lowest BCUT2D eigenvalue weighted by atomic mass is 10.1. The Balaban J connectivity index is 3.75. The van der Waals surface area contributed by atoms with Crippen LogP contribution in [0.5, 0.6) is 0 Å². The monoisotopic (exact) mass is 216 g/mol. The maximum absolute atomic E-state index is 11.1. The Morgan fingerprint density at radius 3 is 2.27 bits per heavy atom. The molecular formula is C9H16N2O4. The summed E-state index contributed by atoms with van der Waals surface area (Å²) in [7, 11) is 0. The number of carboxylic acid groups (broad SMARTS) is 1. The van der Waals surface area contributed by atoms with Crippen molar-refractivity contribution in [3.63, 3.8) is 0 Å². The van der Waals surface area contributed by atoms with Gasteiger partial charge in [-0.3, -0.25) is 19.7 Å². The van der Waals surface area contributed by atoms with Gasteiger partial charge in [-0.2, -0.15) is 0 Å². The standard InChI is InChI=1S/C9H16N2O4/c1-2-3-7(12)11-8(13)5-4-6(10)9(14)15/h6H,2-5,10H2,1H3,(H,14,15)(H,11,12,13)/t6-/m0/s1. The topological polar surface area (TPSA) is 109 Å². The SMILES string of the molecule is CCCC(=O)NC(=O)CC[C@H](N)C(=O)O. The van der Waals surface area contributed by atoms with Crippen molar-refractivity contribution in [2.24, 2.45) is 5.73 Å². The number of nitrogens with two attached hydrogens (primary N) is 1. The molecule has 0 aromatic carbocycles. The second-order valence-corrected chi connectivity index (χ2v) is 3.20. The Hall–Kier alpha value is -1.43. The molecule has 0 aromatic heterocycles. The van der Waals surface area contributed by atoms with Gasteiger partial charge in [-0.15, -0.1) is 0 Å². The van der Waals surface area contributed by atoms with Crippen LogP contribution >= 0.6 is 0 Å². The van der Waals surface area contributed by atoms with Crippen molar-refractivity contribution in [1.82, 2.24) is 5.32 Å². The lowest BCUT2D eigenvalue weighted by molar-refractivity contribution is -0.138. The first-order valence-corrected chi connectivity index (χ1v) is 4.78. The van der Waals surface area contributed by atoms with Gasteiger partial charge in [-0.1, -0.05) is 6.92 Å². The zero-order valence-electron chi connectivity index (χ0n) is 8.66. The van der Waals surface area contributed by atoms with Crippen LogP contribution < -0.4 is 11.1 Å². The number of amides is 2. The highest BCUT2D eigenvalue weighted by Crippen LogP contribution is 1.95. The average molecular weight is 216 g/mol. The first kappa shape index (κ1) is 13.6. The quantitative estimate of drug-likeness (QED) is 0.560. The Bertz CT molecular complexity index is 252. The van der Waals surface area contributed by atoms with Crippen LogP contribution in [0.15, 0.2) is 0 Å². The van der Waals surface area contributed by atoms with E-state index in [0.717, 1.165) is 0 Å². The van der Waals surface area contributed by atoms with Gasteiger partial charge in [0, 0.05) is 12.8 Å². The first-order chi connectivity index (χ1) is 6.97. The molecule has 0 aromatic rings. The fourth-order valence-corrected chi connectivity index (χ4v) is 0.918. The number of hydrogen-bond acceptors (Lipinski definition) is 4. The molecule has 86 valence electrons. The third kappa shape index (κ3) is 6.62. The number of nitrogens with one attached hydrogen (secondary N) is 1. The number of carboxylic acids is 1. The van der Waals surface area contributed by atoms with Crippen LogP contribution in [0.25, 0.3) is 0 Å². The molecule has 0 heterocycles. The van der Waals surface area contributed by atoms with Gasteiger partial charge in [0.1, 0.15) is 6.04 Å². The van der Waals surface area contributed by atoms with Gasteiger partial charge in [-0.05, 0) is 12.8 Å². The second-order valence-electron chi connectivity index (χ2n) is 3.20. The summed E-state index contributed by atoms with van der Waals surface area (Å²) in [5, 5.41) is 10.6. The van der Waals surface area contributed by atoms with Crippen LogP contribution in [0.3, 0.4) is 0 Å². The summed E-state index contributed by atoms with van der Waals surface area (Å²) in [4.78, 5) is 32.3. The minimum atomic E-state index is -1.15. The van der Waals surface area contributed by atoms with E-state index >= 15 is 0 Å². The smallest absolute Gasteiger partial charge is 0.320 e. The van der Waals surface area contributed by atoms with E-state index in [1.807, 2.05) is 6.92 Å². The maximum atomic E-state index is 11.1. The van der Waals surface area contributed by atoms with E-state index in [9.17, 15) is 14.4 Å². The van der Waals surface area contributed by atoms with Crippen LogP contribution in [-0.4, -0.2) is 28.9 Å². The van der Waals surface area contributed by atoms with E-state index < -0.39 is 17.9 Å². The van der Waals surface area contributed by atoms with E-state index in [-0.39, 0.29) is 25.2 Å². The summed E-state index contributed by atoms with van der Waals surface area (Å²) >= 11 is 0. The van der Waals surface area contributed by atoms with Gasteiger partial charge in [0.15, 0.2) is 0 Å². The zero-order valence-corrected chi connectivity index (χ0v) is 8.66. The number of carbonyl (C=O) groups is 3. The number of rotatable bonds is 6. The maximum Gasteiger partial charge on any atom is 0.320 e. The van der Waals surface area contributed by atoms with Crippen LogP contribution in [0, 0.1) is 0 Å². The summed E-state index contributed by atoms with van der Waals surface area (Å²) in [6, 6.07) is -1.06. The molecule has 0 saturated heterocycles. The van der Waals surface area contributed by atoms with E-state index in [1.165, 1.54) is 0 Å². The van der Waals surface area contributed by atoms with Crippen molar-refractivity contribution in [1.29, 1.82) is 0 Å². The zero-order chi connectivity index (χ0) is 11.8. The highest BCUT2D eigenvalue weighted by Gasteiger charge is 2.14. The molecule has 0 bridgehead atoms. The van der Waals surface area contributed by atoms with Gasteiger partial charge >= 0.3 is 5.97 Å². The van der Waals surface area contributed by atoms with E-state index in [4.69, 9.17) is 10.8 Å². The molecule has 2 amide bonds. The largest absolute Gasteiger partial charge is 0.480 e. The highest BCUT2D eigenvalue weighted by molar-refractivity contribution is 5.95. The number of imide groups is 1. The molecule has 15 heavy (non-hydrogen) atoms. The second kappa shape index (κ2) is 6.94.